The maximum absolute atomic E-state index is 11.9. The third-order valence-corrected chi connectivity index (χ3v) is 2.76. The number of nitrogens with zero attached hydrogens (tertiary/aromatic N) is 2. The molecule has 0 saturated heterocycles. The molecule has 4 heteroatoms. The zero-order valence-corrected chi connectivity index (χ0v) is 9.95. The van der Waals surface area contributed by atoms with Crippen LogP contribution in [0.1, 0.15) is 23.1 Å². The number of halogens is 1. The smallest absolute Gasteiger partial charge is 0.272 e. The maximum atomic E-state index is 11.9. The van der Waals surface area contributed by atoms with Gasteiger partial charge in [0.25, 0.3) is 5.91 Å². The first-order valence-electron chi connectivity index (χ1n) is 4.83. The highest BCUT2D eigenvalue weighted by atomic mass is 35.5. The van der Waals surface area contributed by atoms with Crippen molar-refractivity contribution in [3.05, 3.63) is 29.6 Å². The quantitative estimate of drug-likeness (QED) is 0.740. The molecule has 1 rings (SSSR count). The van der Waals surface area contributed by atoms with Gasteiger partial charge in [-0.25, -0.2) is 4.98 Å². The summed E-state index contributed by atoms with van der Waals surface area (Å²) in [6.07, 6.45) is 0. The highest BCUT2D eigenvalue weighted by Gasteiger charge is 2.17. The van der Waals surface area contributed by atoms with E-state index in [1.165, 1.54) is 0 Å². The fourth-order valence-corrected chi connectivity index (χ4v) is 1.35. The molecule has 3 nitrogen and oxygen atoms in total. The molecule has 0 fully saturated rings. The molecule has 0 radical (unpaired) electrons. The Kier molecular flexibility index (Phi) is 4.09. The Balaban J connectivity index is 2.85. The summed E-state index contributed by atoms with van der Waals surface area (Å²) < 4.78 is 0. The second-order valence-corrected chi connectivity index (χ2v) is 3.89. The number of aryl methyl sites for hydroxylation is 1. The van der Waals surface area contributed by atoms with Crippen LogP contribution < -0.4 is 0 Å². The molecule has 0 aromatic carbocycles. The number of aromatic nitrogens is 1. The van der Waals surface area contributed by atoms with Crippen LogP contribution in [0.4, 0.5) is 0 Å². The van der Waals surface area contributed by atoms with E-state index in [4.69, 9.17) is 11.6 Å². The van der Waals surface area contributed by atoms with E-state index < -0.39 is 0 Å². The van der Waals surface area contributed by atoms with Crippen molar-refractivity contribution < 1.29 is 4.79 Å². The predicted octanol–water partition coefficient (Wildman–Crippen LogP) is 2.09. The van der Waals surface area contributed by atoms with E-state index in [0.29, 0.717) is 11.6 Å². The average Bonchev–Trinajstić information content (AvgIpc) is 2.26. The van der Waals surface area contributed by atoms with Gasteiger partial charge in [0.05, 0.1) is 0 Å². The molecular weight excluding hydrogens is 212 g/mol. The second-order valence-electron chi connectivity index (χ2n) is 3.58. The summed E-state index contributed by atoms with van der Waals surface area (Å²) in [5.74, 6) is 0.334. The lowest BCUT2D eigenvalue weighted by Crippen LogP contribution is -2.36. The third kappa shape index (κ3) is 2.93. The Morgan fingerprint density at radius 2 is 2.27 bits per heavy atom. The molecule has 1 aromatic heterocycles. The summed E-state index contributed by atoms with van der Waals surface area (Å²) in [5, 5.41) is 0. The molecule has 1 amide bonds. The molecule has 0 N–H and O–H groups in total. The number of hydrogen-bond donors (Lipinski definition) is 0. The number of hydrogen-bond acceptors (Lipinski definition) is 2. The minimum Gasteiger partial charge on any atom is -0.336 e. The third-order valence-electron chi connectivity index (χ3n) is 2.31. The number of carbonyl (C=O) groups is 1. The highest BCUT2D eigenvalue weighted by Crippen LogP contribution is 2.06. The van der Waals surface area contributed by atoms with E-state index in [0.717, 1.165) is 5.69 Å². The van der Waals surface area contributed by atoms with Crippen LogP contribution in [0.2, 0.25) is 0 Å². The summed E-state index contributed by atoms with van der Waals surface area (Å²) >= 11 is 5.70. The molecule has 0 aliphatic carbocycles. The lowest BCUT2D eigenvalue weighted by molar-refractivity contribution is 0.0750. The van der Waals surface area contributed by atoms with Crippen LogP contribution in [0.3, 0.4) is 0 Å². The van der Waals surface area contributed by atoms with Gasteiger partial charge in [0.2, 0.25) is 0 Å². The number of rotatable bonds is 3. The number of alkyl halides is 1. The number of carbonyl (C=O) groups excluding carboxylic acids is 1. The number of pyridine rings is 1. The van der Waals surface area contributed by atoms with Crippen molar-refractivity contribution in [3.63, 3.8) is 0 Å². The van der Waals surface area contributed by atoms with Gasteiger partial charge in [-0.1, -0.05) is 6.07 Å². The first-order valence-corrected chi connectivity index (χ1v) is 5.36. The Bertz CT molecular complexity index is 354. The van der Waals surface area contributed by atoms with Gasteiger partial charge in [-0.2, -0.15) is 0 Å². The van der Waals surface area contributed by atoms with Gasteiger partial charge in [0.15, 0.2) is 0 Å². The van der Waals surface area contributed by atoms with E-state index in [-0.39, 0.29) is 11.9 Å². The normalized spacial score (nSPS) is 12.3. The van der Waals surface area contributed by atoms with Crippen LogP contribution in [0, 0.1) is 6.92 Å². The fraction of sp³-hybridized carbons (Fsp3) is 0.455. The standard InChI is InChI=1S/C11H15ClN2O/c1-8-5-4-6-10(13-8)11(15)14(3)9(2)7-12/h4-6,9H,7H2,1-3H3. The summed E-state index contributed by atoms with van der Waals surface area (Å²) in [6.45, 7) is 3.77. The van der Waals surface area contributed by atoms with Gasteiger partial charge in [0.1, 0.15) is 5.69 Å². The van der Waals surface area contributed by atoms with E-state index in [2.05, 4.69) is 4.98 Å². The van der Waals surface area contributed by atoms with Crippen molar-refractivity contribution in [1.29, 1.82) is 0 Å². The topological polar surface area (TPSA) is 33.2 Å². The van der Waals surface area contributed by atoms with Gasteiger partial charge >= 0.3 is 0 Å². The molecule has 0 aliphatic heterocycles. The summed E-state index contributed by atoms with van der Waals surface area (Å²) in [4.78, 5) is 17.7. The Morgan fingerprint density at radius 1 is 1.60 bits per heavy atom. The molecule has 1 heterocycles. The van der Waals surface area contributed by atoms with Crippen molar-refractivity contribution in [2.24, 2.45) is 0 Å². The van der Waals surface area contributed by atoms with Crippen LogP contribution in [0.5, 0.6) is 0 Å². The first kappa shape index (κ1) is 12.0. The molecular formula is C11H15ClN2O. The molecule has 15 heavy (non-hydrogen) atoms. The van der Waals surface area contributed by atoms with E-state index in [1.807, 2.05) is 26.0 Å². The van der Waals surface area contributed by atoms with Crippen molar-refractivity contribution in [1.82, 2.24) is 9.88 Å². The second kappa shape index (κ2) is 5.12. The zero-order chi connectivity index (χ0) is 11.4. The van der Waals surface area contributed by atoms with Crippen LogP contribution in [0.25, 0.3) is 0 Å². The van der Waals surface area contributed by atoms with E-state index in [1.54, 1.807) is 18.0 Å². The van der Waals surface area contributed by atoms with E-state index in [9.17, 15) is 4.79 Å². The first-order chi connectivity index (χ1) is 7.06. The Labute approximate surface area is 95.1 Å². The molecule has 0 spiro atoms. The highest BCUT2D eigenvalue weighted by molar-refractivity contribution is 6.18. The SMILES string of the molecule is Cc1cccc(C(=O)N(C)C(C)CCl)n1. The zero-order valence-electron chi connectivity index (χ0n) is 9.20. The Hall–Kier alpha value is -1.09. The molecule has 1 aromatic rings. The largest absolute Gasteiger partial charge is 0.336 e. The fourth-order valence-electron chi connectivity index (χ4n) is 1.15. The molecule has 1 atom stereocenters. The molecule has 1 unspecified atom stereocenters. The van der Waals surface area contributed by atoms with Crippen LogP contribution in [-0.2, 0) is 0 Å². The molecule has 0 bridgehead atoms. The van der Waals surface area contributed by atoms with E-state index >= 15 is 0 Å². The summed E-state index contributed by atoms with van der Waals surface area (Å²) in [7, 11) is 1.74. The minimum absolute atomic E-state index is 0.0153. The van der Waals surface area contributed by atoms with Gasteiger partial charge in [-0.3, -0.25) is 4.79 Å². The minimum atomic E-state index is -0.0909. The number of amides is 1. The van der Waals surface area contributed by atoms with Gasteiger partial charge in [0, 0.05) is 24.7 Å². The molecule has 82 valence electrons. The monoisotopic (exact) mass is 226 g/mol. The lowest BCUT2D eigenvalue weighted by atomic mass is 10.2. The predicted molar refractivity (Wildman–Crippen MR) is 61.2 cm³/mol. The summed E-state index contributed by atoms with van der Waals surface area (Å²) in [6, 6.07) is 5.42. The van der Waals surface area contributed by atoms with Crippen molar-refractivity contribution in [2.45, 2.75) is 19.9 Å². The van der Waals surface area contributed by atoms with Crippen LogP contribution in [-0.4, -0.2) is 34.8 Å². The van der Waals surface area contributed by atoms with Gasteiger partial charge < -0.3 is 4.90 Å². The van der Waals surface area contributed by atoms with Crippen molar-refractivity contribution in [2.75, 3.05) is 12.9 Å². The average molecular weight is 227 g/mol. The van der Waals surface area contributed by atoms with Gasteiger partial charge in [-0.15, -0.1) is 11.6 Å². The van der Waals surface area contributed by atoms with Crippen molar-refractivity contribution >= 4 is 17.5 Å². The Morgan fingerprint density at radius 3 is 2.80 bits per heavy atom. The molecule has 0 saturated carbocycles. The lowest BCUT2D eigenvalue weighted by Gasteiger charge is -2.22. The van der Waals surface area contributed by atoms with Crippen molar-refractivity contribution in [3.8, 4) is 0 Å². The van der Waals surface area contributed by atoms with Crippen LogP contribution in [0.15, 0.2) is 18.2 Å². The van der Waals surface area contributed by atoms with Crippen LogP contribution >= 0.6 is 11.6 Å². The molecule has 0 aliphatic rings. The summed E-state index contributed by atoms with van der Waals surface area (Å²) in [5.41, 5.74) is 1.31. The van der Waals surface area contributed by atoms with Gasteiger partial charge in [-0.05, 0) is 26.0 Å². The maximum Gasteiger partial charge on any atom is 0.272 e.